The minimum absolute atomic E-state index is 0.00789. The number of amides is 1. The van der Waals surface area contributed by atoms with Gasteiger partial charge in [0.25, 0.3) is 11.6 Å². The lowest BCUT2D eigenvalue weighted by atomic mass is 10.3. The molecule has 2 rings (SSSR count). The van der Waals surface area contributed by atoms with Gasteiger partial charge in [0.2, 0.25) is 0 Å². The highest BCUT2D eigenvalue weighted by Gasteiger charge is 2.28. The minimum atomic E-state index is -0.474. The molecule has 19 heavy (non-hydrogen) atoms. The molecule has 0 aliphatic carbocycles. The standard InChI is InChI=1S/C12H18N4O3/c1-2-4-14-8-10(16(18)19)6-11(14)12(17)15-5-3-9(13)7-15/h6,8-9H,2-5,7,13H2,1H3/t9-/m1/s1. The number of hydrogen-bond acceptors (Lipinski definition) is 4. The number of hydrogen-bond donors (Lipinski definition) is 1. The van der Waals surface area contributed by atoms with Crippen molar-refractivity contribution in [3.05, 3.63) is 28.1 Å². The monoisotopic (exact) mass is 266 g/mol. The lowest BCUT2D eigenvalue weighted by Crippen LogP contribution is -2.33. The number of rotatable bonds is 4. The van der Waals surface area contributed by atoms with Crippen molar-refractivity contribution >= 4 is 11.6 Å². The van der Waals surface area contributed by atoms with Gasteiger partial charge in [-0.25, -0.2) is 0 Å². The SMILES string of the molecule is CCCn1cc([N+](=O)[O-])cc1C(=O)N1CC[C@@H](N)C1. The Bertz CT molecular complexity index is 497. The fourth-order valence-electron chi connectivity index (χ4n) is 2.33. The summed E-state index contributed by atoms with van der Waals surface area (Å²) in [5.41, 5.74) is 6.12. The first-order valence-corrected chi connectivity index (χ1v) is 6.42. The molecule has 1 fully saturated rings. The molecule has 1 aromatic heterocycles. The summed E-state index contributed by atoms with van der Waals surface area (Å²) in [5, 5.41) is 10.8. The highest BCUT2D eigenvalue weighted by atomic mass is 16.6. The lowest BCUT2D eigenvalue weighted by Gasteiger charge is -2.16. The van der Waals surface area contributed by atoms with Crippen molar-refractivity contribution in [3.63, 3.8) is 0 Å². The van der Waals surface area contributed by atoms with Crippen LogP contribution in [0.4, 0.5) is 5.69 Å². The molecule has 0 saturated carbocycles. The average molecular weight is 266 g/mol. The van der Waals surface area contributed by atoms with Gasteiger partial charge in [-0.15, -0.1) is 0 Å². The van der Waals surface area contributed by atoms with Crippen LogP contribution in [0.25, 0.3) is 0 Å². The Balaban J connectivity index is 2.26. The molecule has 0 unspecified atom stereocenters. The van der Waals surface area contributed by atoms with Crippen LogP contribution in [0.5, 0.6) is 0 Å². The maximum absolute atomic E-state index is 12.4. The van der Waals surface area contributed by atoms with Crippen molar-refractivity contribution in [2.75, 3.05) is 13.1 Å². The van der Waals surface area contributed by atoms with Gasteiger partial charge >= 0.3 is 0 Å². The van der Waals surface area contributed by atoms with Crippen molar-refractivity contribution < 1.29 is 9.72 Å². The van der Waals surface area contributed by atoms with Crippen LogP contribution in [0.1, 0.15) is 30.3 Å². The molecule has 0 radical (unpaired) electrons. The molecule has 2 heterocycles. The Morgan fingerprint density at radius 1 is 1.63 bits per heavy atom. The van der Waals surface area contributed by atoms with Crippen LogP contribution in [-0.2, 0) is 6.54 Å². The zero-order chi connectivity index (χ0) is 14.0. The summed E-state index contributed by atoms with van der Waals surface area (Å²) in [6, 6.07) is 1.36. The van der Waals surface area contributed by atoms with Gasteiger partial charge in [0.1, 0.15) is 5.69 Å². The second-order valence-electron chi connectivity index (χ2n) is 4.83. The fraction of sp³-hybridized carbons (Fsp3) is 0.583. The molecule has 1 amide bonds. The molecule has 1 aromatic rings. The summed E-state index contributed by atoms with van der Waals surface area (Å²) in [4.78, 5) is 24.4. The van der Waals surface area contributed by atoms with Gasteiger partial charge in [0.15, 0.2) is 0 Å². The molecule has 0 spiro atoms. The smallest absolute Gasteiger partial charge is 0.287 e. The van der Waals surface area contributed by atoms with Crippen LogP contribution < -0.4 is 5.73 Å². The Labute approximate surface area is 111 Å². The van der Waals surface area contributed by atoms with Gasteiger partial charge in [-0.2, -0.15) is 0 Å². The number of nitrogens with two attached hydrogens (primary N) is 1. The van der Waals surface area contributed by atoms with E-state index in [9.17, 15) is 14.9 Å². The number of likely N-dealkylation sites (tertiary alicyclic amines) is 1. The quantitative estimate of drug-likeness (QED) is 0.649. The molecule has 1 saturated heterocycles. The topological polar surface area (TPSA) is 94.4 Å². The number of nitrogens with zero attached hydrogens (tertiary/aromatic N) is 3. The molecule has 0 bridgehead atoms. The zero-order valence-electron chi connectivity index (χ0n) is 10.9. The molecule has 0 aromatic carbocycles. The van der Waals surface area contributed by atoms with Crippen molar-refractivity contribution in [2.45, 2.75) is 32.4 Å². The van der Waals surface area contributed by atoms with Crippen molar-refractivity contribution in [1.29, 1.82) is 0 Å². The van der Waals surface area contributed by atoms with Gasteiger partial charge in [0.05, 0.1) is 11.1 Å². The molecule has 7 heteroatoms. The second-order valence-corrected chi connectivity index (χ2v) is 4.83. The molecule has 1 atom stereocenters. The zero-order valence-corrected chi connectivity index (χ0v) is 10.9. The predicted molar refractivity (Wildman–Crippen MR) is 69.9 cm³/mol. The van der Waals surface area contributed by atoms with Crippen LogP contribution >= 0.6 is 0 Å². The van der Waals surface area contributed by atoms with E-state index < -0.39 is 4.92 Å². The summed E-state index contributed by atoms with van der Waals surface area (Å²) in [6.07, 6.45) is 3.01. The molecule has 1 aliphatic heterocycles. The van der Waals surface area contributed by atoms with Gasteiger partial charge < -0.3 is 15.2 Å². The predicted octanol–water partition coefficient (Wildman–Crippen LogP) is 0.979. The number of aryl methyl sites for hydroxylation is 1. The van der Waals surface area contributed by atoms with Crippen molar-refractivity contribution in [1.82, 2.24) is 9.47 Å². The maximum Gasteiger partial charge on any atom is 0.287 e. The van der Waals surface area contributed by atoms with E-state index in [0.29, 0.717) is 25.3 Å². The fourth-order valence-corrected chi connectivity index (χ4v) is 2.33. The number of carbonyl (C=O) groups is 1. The summed E-state index contributed by atoms with van der Waals surface area (Å²) in [6.45, 7) is 3.69. The van der Waals surface area contributed by atoms with Gasteiger partial charge in [-0.3, -0.25) is 14.9 Å². The number of carbonyl (C=O) groups excluding carboxylic acids is 1. The van der Waals surface area contributed by atoms with E-state index in [1.165, 1.54) is 12.3 Å². The Hall–Kier alpha value is -1.89. The molecule has 2 N–H and O–H groups in total. The Kier molecular flexibility index (Phi) is 3.84. The highest BCUT2D eigenvalue weighted by Crippen LogP contribution is 2.20. The number of aromatic nitrogens is 1. The Morgan fingerprint density at radius 3 is 2.89 bits per heavy atom. The van der Waals surface area contributed by atoms with E-state index in [-0.39, 0.29) is 17.6 Å². The van der Waals surface area contributed by atoms with E-state index in [1.54, 1.807) is 9.47 Å². The maximum atomic E-state index is 12.4. The van der Waals surface area contributed by atoms with E-state index in [4.69, 9.17) is 5.73 Å². The number of nitro groups is 1. The van der Waals surface area contributed by atoms with E-state index in [1.807, 2.05) is 6.92 Å². The van der Waals surface area contributed by atoms with Gasteiger partial charge in [0, 0.05) is 31.7 Å². The lowest BCUT2D eigenvalue weighted by molar-refractivity contribution is -0.384. The van der Waals surface area contributed by atoms with Gasteiger partial charge in [-0.1, -0.05) is 6.92 Å². The third-order valence-corrected chi connectivity index (χ3v) is 3.29. The van der Waals surface area contributed by atoms with E-state index >= 15 is 0 Å². The first-order valence-electron chi connectivity index (χ1n) is 6.42. The molecular formula is C12H18N4O3. The second kappa shape index (κ2) is 5.40. The third-order valence-electron chi connectivity index (χ3n) is 3.29. The third kappa shape index (κ3) is 2.76. The molecule has 1 aliphatic rings. The van der Waals surface area contributed by atoms with Crippen LogP contribution in [0.3, 0.4) is 0 Å². The van der Waals surface area contributed by atoms with E-state index in [0.717, 1.165) is 12.8 Å². The van der Waals surface area contributed by atoms with Crippen LogP contribution in [-0.4, -0.2) is 39.4 Å². The molecule has 7 nitrogen and oxygen atoms in total. The van der Waals surface area contributed by atoms with Crippen LogP contribution in [0.2, 0.25) is 0 Å². The Morgan fingerprint density at radius 2 is 2.37 bits per heavy atom. The van der Waals surface area contributed by atoms with E-state index in [2.05, 4.69) is 0 Å². The van der Waals surface area contributed by atoms with Crippen molar-refractivity contribution in [3.8, 4) is 0 Å². The normalized spacial score (nSPS) is 18.8. The first-order chi connectivity index (χ1) is 9.02. The molecular weight excluding hydrogens is 248 g/mol. The van der Waals surface area contributed by atoms with Crippen molar-refractivity contribution in [2.24, 2.45) is 5.73 Å². The largest absolute Gasteiger partial charge is 0.337 e. The summed E-state index contributed by atoms with van der Waals surface area (Å²) in [5.74, 6) is -0.172. The minimum Gasteiger partial charge on any atom is -0.337 e. The average Bonchev–Trinajstić information content (AvgIpc) is 2.95. The highest BCUT2D eigenvalue weighted by molar-refractivity contribution is 5.93. The summed E-state index contributed by atoms with van der Waals surface area (Å²) >= 11 is 0. The summed E-state index contributed by atoms with van der Waals surface area (Å²) in [7, 11) is 0. The van der Waals surface area contributed by atoms with Gasteiger partial charge in [-0.05, 0) is 12.8 Å². The first kappa shape index (κ1) is 13.5. The summed E-state index contributed by atoms with van der Waals surface area (Å²) < 4.78 is 1.66. The van der Waals surface area contributed by atoms with Crippen LogP contribution in [0, 0.1) is 10.1 Å². The molecule has 104 valence electrons. The van der Waals surface area contributed by atoms with Crippen LogP contribution in [0.15, 0.2) is 12.3 Å².